The van der Waals surface area contributed by atoms with Crippen LogP contribution in [0.5, 0.6) is 0 Å². The van der Waals surface area contributed by atoms with Crippen LogP contribution in [0.1, 0.15) is 25.3 Å². The number of rotatable bonds is 7. The van der Waals surface area contributed by atoms with Gasteiger partial charge >= 0.3 is 0 Å². The summed E-state index contributed by atoms with van der Waals surface area (Å²) in [5, 5.41) is 3.18. The van der Waals surface area contributed by atoms with Crippen LogP contribution in [-0.4, -0.2) is 36.1 Å². The number of thioether (sulfide) groups is 1. The highest BCUT2D eigenvalue weighted by molar-refractivity contribution is 8.00. The molecule has 0 aromatic heterocycles. The average Bonchev–Trinajstić information content (AvgIpc) is 2.61. The van der Waals surface area contributed by atoms with Crippen molar-refractivity contribution in [2.75, 3.05) is 24.7 Å². The Bertz CT molecular complexity index is 763. The minimum absolute atomic E-state index is 0.0170. The highest BCUT2D eigenvalue weighted by Crippen LogP contribution is 2.22. The summed E-state index contributed by atoms with van der Waals surface area (Å²) in [6, 6.07) is 15.2. The second kappa shape index (κ2) is 9.64. The predicted octanol–water partition coefficient (Wildman–Crippen LogP) is 4.65. The summed E-state index contributed by atoms with van der Waals surface area (Å²) in [5.41, 5.74) is 1.81. The lowest BCUT2D eigenvalue weighted by molar-refractivity contribution is -0.131. The summed E-state index contributed by atoms with van der Waals surface area (Å²) in [7, 11) is 1.62. The molecule has 0 aliphatic rings. The lowest BCUT2D eigenvalue weighted by Gasteiger charge is -2.17. The molecular weight excluding hydrogens is 368 g/mol. The van der Waals surface area contributed by atoms with E-state index in [0.29, 0.717) is 16.6 Å². The molecule has 0 fully saturated rings. The number of para-hydroxylation sites is 1. The highest BCUT2D eigenvalue weighted by Gasteiger charge is 2.14. The third-order valence-corrected chi connectivity index (χ3v) is 5.19. The zero-order valence-corrected chi connectivity index (χ0v) is 16.7. The van der Waals surface area contributed by atoms with E-state index in [1.165, 1.54) is 22.2 Å². The number of benzene rings is 2. The van der Waals surface area contributed by atoms with Crippen molar-refractivity contribution >= 4 is 40.9 Å². The molecule has 0 heterocycles. The van der Waals surface area contributed by atoms with Gasteiger partial charge in [0.2, 0.25) is 11.8 Å². The van der Waals surface area contributed by atoms with E-state index < -0.39 is 0 Å². The number of carbonyl (C=O) groups excluding carboxylic acids is 2. The zero-order chi connectivity index (χ0) is 19.1. The third-order valence-electron chi connectivity index (χ3n) is 3.86. The summed E-state index contributed by atoms with van der Waals surface area (Å²) < 4.78 is 0. The first kappa shape index (κ1) is 20.3. The van der Waals surface area contributed by atoms with Gasteiger partial charge in [-0.25, -0.2) is 0 Å². The summed E-state index contributed by atoms with van der Waals surface area (Å²) in [4.78, 5) is 26.8. The summed E-state index contributed by atoms with van der Waals surface area (Å²) in [6.45, 7) is 4.28. The first-order valence-corrected chi connectivity index (χ1v) is 9.74. The van der Waals surface area contributed by atoms with Crippen molar-refractivity contribution in [2.45, 2.75) is 24.7 Å². The van der Waals surface area contributed by atoms with E-state index in [-0.39, 0.29) is 24.1 Å². The maximum absolute atomic E-state index is 12.2. The van der Waals surface area contributed by atoms with Gasteiger partial charge in [0, 0.05) is 11.9 Å². The lowest BCUT2D eigenvalue weighted by atomic mass is 10.0. The molecule has 0 saturated heterocycles. The Hall–Kier alpha value is -1.98. The molecule has 4 nitrogen and oxygen atoms in total. The van der Waals surface area contributed by atoms with Gasteiger partial charge in [0.15, 0.2) is 0 Å². The molecule has 138 valence electrons. The Morgan fingerprint density at radius 1 is 1.12 bits per heavy atom. The molecule has 2 amide bonds. The summed E-state index contributed by atoms with van der Waals surface area (Å²) in [5.74, 6) is 0.396. The Morgan fingerprint density at radius 2 is 1.77 bits per heavy atom. The van der Waals surface area contributed by atoms with E-state index >= 15 is 0 Å². The van der Waals surface area contributed by atoms with Crippen molar-refractivity contribution < 1.29 is 9.59 Å². The summed E-state index contributed by atoms with van der Waals surface area (Å²) >= 11 is 7.48. The molecule has 0 aliphatic heterocycles. The quantitative estimate of drug-likeness (QED) is 0.700. The second-order valence-electron chi connectivity index (χ2n) is 6.29. The molecule has 26 heavy (non-hydrogen) atoms. The van der Waals surface area contributed by atoms with E-state index in [9.17, 15) is 9.59 Å². The highest BCUT2D eigenvalue weighted by atomic mass is 35.5. The second-order valence-corrected chi connectivity index (χ2v) is 7.75. The molecular formula is C20H23ClN2O2S. The molecule has 6 heteroatoms. The minimum Gasteiger partial charge on any atom is -0.336 e. The Morgan fingerprint density at radius 3 is 2.38 bits per heavy atom. The Labute approximate surface area is 163 Å². The van der Waals surface area contributed by atoms with Gasteiger partial charge in [0.05, 0.1) is 23.0 Å². The monoisotopic (exact) mass is 390 g/mol. The van der Waals surface area contributed by atoms with Gasteiger partial charge in [-0.05, 0) is 35.7 Å². The van der Waals surface area contributed by atoms with Crippen molar-refractivity contribution in [3.63, 3.8) is 0 Å². The third kappa shape index (κ3) is 6.07. The van der Waals surface area contributed by atoms with E-state index in [2.05, 4.69) is 31.3 Å². The zero-order valence-electron chi connectivity index (χ0n) is 15.2. The van der Waals surface area contributed by atoms with Crippen LogP contribution in [-0.2, 0) is 9.59 Å². The number of hydrogen-bond donors (Lipinski definition) is 1. The van der Waals surface area contributed by atoms with Gasteiger partial charge in [0.1, 0.15) is 0 Å². The number of nitrogens with one attached hydrogen (secondary N) is 1. The van der Waals surface area contributed by atoms with Gasteiger partial charge in [0.25, 0.3) is 0 Å². The van der Waals surface area contributed by atoms with Crippen molar-refractivity contribution in [1.29, 1.82) is 0 Å². The van der Waals surface area contributed by atoms with Gasteiger partial charge in [-0.2, -0.15) is 0 Å². The normalized spacial score (nSPS) is 10.7. The Kier molecular flexibility index (Phi) is 7.54. The molecule has 2 rings (SSSR count). The molecule has 1 N–H and O–H groups in total. The van der Waals surface area contributed by atoms with Crippen molar-refractivity contribution in [3.8, 4) is 0 Å². The molecule has 0 unspecified atom stereocenters. The fourth-order valence-electron chi connectivity index (χ4n) is 2.26. The largest absolute Gasteiger partial charge is 0.336 e. The van der Waals surface area contributed by atoms with Crippen molar-refractivity contribution in [1.82, 2.24) is 4.90 Å². The van der Waals surface area contributed by atoms with Crippen molar-refractivity contribution in [2.24, 2.45) is 0 Å². The molecule has 0 radical (unpaired) electrons. The van der Waals surface area contributed by atoms with Crippen LogP contribution in [0.4, 0.5) is 5.69 Å². The van der Waals surface area contributed by atoms with Crippen LogP contribution in [0.3, 0.4) is 0 Å². The Balaban J connectivity index is 1.81. The number of anilines is 1. The van der Waals surface area contributed by atoms with E-state index in [4.69, 9.17) is 11.6 Å². The molecule has 0 bridgehead atoms. The first-order valence-electron chi connectivity index (χ1n) is 8.38. The molecule has 0 saturated carbocycles. The van der Waals surface area contributed by atoms with Gasteiger partial charge in [-0.15, -0.1) is 11.8 Å². The van der Waals surface area contributed by atoms with Crippen molar-refractivity contribution in [3.05, 3.63) is 59.1 Å². The number of halogens is 1. The SMILES string of the molecule is CC(C)c1ccc(SCC(=O)N(C)CC(=O)Nc2ccccc2Cl)cc1. The topological polar surface area (TPSA) is 49.4 Å². The maximum atomic E-state index is 12.2. The lowest BCUT2D eigenvalue weighted by Crippen LogP contribution is -2.36. The number of carbonyl (C=O) groups is 2. The molecule has 2 aromatic rings. The molecule has 0 spiro atoms. The van der Waals surface area contributed by atoms with Crippen LogP contribution in [0.15, 0.2) is 53.4 Å². The molecule has 0 atom stereocenters. The van der Waals surface area contributed by atoms with Crippen LogP contribution >= 0.6 is 23.4 Å². The fraction of sp³-hybridized carbons (Fsp3) is 0.300. The average molecular weight is 391 g/mol. The smallest absolute Gasteiger partial charge is 0.244 e. The van der Waals surface area contributed by atoms with Crippen LogP contribution in [0.25, 0.3) is 0 Å². The molecule has 2 aromatic carbocycles. The first-order chi connectivity index (χ1) is 12.4. The van der Waals surface area contributed by atoms with Gasteiger partial charge < -0.3 is 10.2 Å². The van der Waals surface area contributed by atoms with E-state index in [1.807, 2.05) is 12.1 Å². The van der Waals surface area contributed by atoms with E-state index in [0.717, 1.165) is 4.90 Å². The number of nitrogens with zero attached hydrogens (tertiary/aromatic N) is 1. The van der Waals surface area contributed by atoms with Crippen LogP contribution < -0.4 is 5.32 Å². The van der Waals surface area contributed by atoms with Crippen LogP contribution in [0.2, 0.25) is 5.02 Å². The van der Waals surface area contributed by atoms with Crippen LogP contribution in [0, 0.1) is 0 Å². The number of likely N-dealkylation sites (N-methyl/N-ethyl adjacent to an activating group) is 1. The minimum atomic E-state index is -0.278. The van der Waals surface area contributed by atoms with E-state index in [1.54, 1.807) is 31.3 Å². The number of amides is 2. The fourth-order valence-corrected chi connectivity index (χ4v) is 3.28. The summed E-state index contributed by atoms with van der Waals surface area (Å²) in [6.07, 6.45) is 0. The standard InChI is InChI=1S/C20H23ClN2O2S/c1-14(2)15-8-10-16(11-9-15)26-13-20(25)23(3)12-19(24)22-18-7-5-4-6-17(18)21/h4-11,14H,12-13H2,1-3H3,(H,22,24). The molecule has 0 aliphatic carbocycles. The predicted molar refractivity (Wildman–Crippen MR) is 109 cm³/mol. The number of hydrogen-bond acceptors (Lipinski definition) is 3. The van der Waals surface area contributed by atoms with Gasteiger partial charge in [-0.3, -0.25) is 9.59 Å². The maximum Gasteiger partial charge on any atom is 0.244 e. The van der Waals surface area contributed by atoms with Gasteiger partial charge in [-0.1, -0.05) is 49.7 Å².